The third-order valence-electron chi connectivity index (χ3n) is 18.2. The third-order valence-corrected chi connectivity index (χ3v) is 18.2. The average Bonchev–Trinajstić information content (AvgIpc) is 4.28. The summed E-state index contributed by atoms with van der Waals surface area (Å²) in [7, 11) is 0. The lowest BCUT2D eigenvalue weighted by Gasteiger charge is -2.21. The van der Waals surface area contributed by atoms with Crippen LogP contribution in [0.4, 0.5) is 26.3 Å². The second-order valence-corrected chi connectivity index (χ2v) is 23.7. The summed E-state index contributed by atoms with van der Waals surface area (Å²) in [4.78, 5) is 21.2. The number of benzene rings is 4. The minimum absolute atomic E-state index is 0.00965. The number of fused-ring (bicyclic) bond motifs is 6. The van der Waals surface area contributed by atoms with Gasteiger partial charge in [-0.15, -0.1) is 0 Å². The Bertz CT molecular complexity index is 3900. The fraction of sp³-hybridized carbons (Fsp3) is 0.361. The normalized spacial score (nSPS) is 25.1. The van der Waals surface area contributed by atoms with Gasteiger partial charge in [-0.2, -0.15) is 0 Å². The molecular weight excluding hydrogens is 1020 g/mol. The maximum Gasteiger partial charge on any atom is 0.166 e. The Morgan fingerprint density at radius 3 is 1.97 bits per heavy atom. The lowest BCUT2D eigenvalue weighted by molar-refractivity contribution is 0.198. The molecule has 404 valence electrons. The number of nitrogens with zero attached hydrogens (tertiary/aromatic N) is 9. The zero-order valence-electron chi connectivity index (χ0n) is 43.1. The van der Waals surface area contributed by atoms with Gasteiger partial charge in [-0.3, -0.25) is 14.7 Å². The van der Waals surface area contributed by atoms with Gasteiger partial charge in [0.05, 0.1) is 67.7 Å². The van der Waals surface area contributed by atoms with Gasteiger partial charge < -0.3 is 27.6 Å². The molecule has 0 radical (unpaired) electrons. The number of ether oxygens (including phenoxy) is 3. The maximum atomic E-state index is 15.6. The molecule has 6 unspecified atom stereocenters. The largest absolute Gasteiger partial charge is 0.493 e. The number of likely N-dealkylation sites (tertiary alicyclic amines) is 3. The minimum atomic E-state index is -0.987. The van der Waals surface area contributed by atoms with Gasteiger partial charge >= 0.3 is 0 Å². The van der Waals surface area contributed by atoms with Gasteiger partial charge in [-0.1, -0.05) is 12.1 Å². The predicted octanol–water partition coefficient (Wildman–Crippen LogP) is 10.6. The molecule has 0 N–H and O–H groups in total. The molecule has 8 heterocycles. The first-order chi connectivity index (χ1) is 38.3. The Balaban J connectivity index is 0.550. The summed E-state index contributed by atoms with van der Waals surface area (Å²) in [5.74, 6) is -2.37. The van der Waals surface area contributed by atoms with Crippen LogP contribution in [0.5, 0.6) is 17.2 Å². The highest BCUT2D eigenvalue weighted by molar-refractivity contribution is 5.76. The van der Waals surface area contributed by atoms with Crippen LogP contribution in [0.25, 0.3) is 33.3 Å². The van der Waals surface area contributed by atoms with E-state index in [0.717, 1.165) is 123 Å². The van der Waals surface area contributed by atoms with E-state index < -0.39 is 34.9 Å². The number of pyridine rings is 2. The van der Waals surface area contributed by atoms with Crippen LogP contribution in [0.1, 0.15) is 41.9 Å². The molecular formula is C61H55F6N9O3. The van der Waals surface area contributed by atoms with Crippen LogP contribution >= 0.6 is 0 Å². The highest BCUT2D eigenvalue weighted by atomic mass is 19.2. The summed E-state index contributed by atoms with van der Waals surface area (Å²) < 4.78 is 113. The van der Waals surface area contributed by atoms with Crippen molar-refractivity contribution in [3.05, 3.63) is 180 Å². The van der Waals surface area contributed by atoms with Gasteiger partial charge in [0.15, 0.2) is 34.9 Å². The SMILES string of the molecule is Fc1ccc(OCC23CC2CN(Cc2cn4cc(-c5cc(OCC67CC6CN(Cc6ccc8c(c6)ncn8Cc6cc(OCC89CC8CN(Cc8ncc%10ccccn8%10)C9)cc(F)c6F)C7)cc(F)c5F)ccc4n2)C3)cc1F. The molecule has 3 saturated heterocycles. The van der Waals surface area contributed by atoms with Gasteiger partial charge in [0.1, 0.15) is 28.7 Å². The molecule has 5 aromatic heterocycles. The fourth-order valence-electron chi connectivity index (χ4n) is 13.7. The van der Waals surface area contributed by atoms with E-state index in [0.29, 0.717) is 73.4 Å². The third kappa shape index (κ3) is 8.95. The minimum Gasteiger partial charge on any atom is -0.493 e. The number of rotatable bonds is 18. The van der Waals surface area contributed by atoms with E-state index in [1.807, 2.05) is 64.0 Å². The average molecular weight is 1080 g/mol. The van der Waals surface area contributed by atoms with Crippen LogP contribution in [-0.4, -0.2) is 102 Å². The molecule has 18 heteroatoms. The van der Waals surface area contributed by atoms with Crippen molar-refractivity contribution in [2.24, 2.45) is 34.0 Å². The first kappa shape index (κ1) is 48.7. The summed E-state index contributed by atoms with van der Waals surface area (Å²) in [5, 5.41) is 0. The standard InChI is InChI=1S/C61H55F6N9O3/c62-49-7-6-45(14-50(49)63)77-33-60-18-41(60)25-72(31-60)27-43-28-74-22-38(5-9-55(74)70-43)48-13-47(16-52(65)58(48)67)79-35-59-17-40(59)24-71(30-59)21-37-4-8-54-53(11-37)69-36-75(54)23-39-12-46(15-51(64)57(39)66)78-34-61-19-42(61)26-73(32-61)29-56-68-20-44-3-1-2-10-76(44)56/h1-16,20,22,28,36,40-42H,17-19,21,23-27,29-35H2. The molecule has 15 rings (SSSR count). The van der Waals surface area contributed by atoms with Gasteiger partial charge in [-0.25, -0.2) is 41.3 Å². The number of imidazole rings is 3. The molecule has 3 saturated carbocycles. The van der Waals surface area contributed by atoms with E-state index in [9.17, 15) is 8.78 Å². The predicted molar refractivity (Wildman–Crippen MR) is 281 cm³/mol. The second kappa shape index (κ2) is 18.3. The van der Waals surface area contributed by atoms with E-state index in [2.05, 4.69) is 29.1 Å². The molecule has 0 amide bonds. The zero-order chi connectivity index (χ0) is 53.4. The number of halogens is 6. The van der Waals surface area contributed by atoms with E-state index in [-0.39, 0.29) is 39.7 Å². The molecule has 6 atom stereocenters. The summed E-state index contributed by atoms with van der Waals surface area (Å²) in [6, 6.07) is 24.7. The lowest BCUT2D eigenvalue weighted by Crippen LogP contribution is -2.28. The first-order valence-electron chi connectivity index (χ1n) is 27.1. The van der Waals surface area contributed by atoms with Crippen molar-refractivity contribution < 1.29 is 40.6 Å². The Morgan fingerprint density at radius 2 is 1.24 bits per heavy atom. The first-order valence-corrected chi connectivity index (χ1v) is 27.1. The molecule has 3 aliphatic carbocycles. The van der Waals surface area contributed by atoms with Crippen molar-refractivity contribution in [3.8, 4) is 28.4 Å². The van der Waals surface area contributed by atoms with Crippen molar-refractivity contribution in [2.45, 2.75) is 45.4 Å². The van der Waals surface area contributed by atoms with Crippen molar-refractivity contribution in [1.82, 2.24) is 43.0 Å². The van der Waals surface area contributed by atoms with E-state index in [1.165, 1.54) is 6.07 Å². The Hall–Kier alpha value is -7.41. The molecule has 4 aromatic carbocycles. The quantitative estimate of drug-likeness (QED) is 0.0780. The van der Waals surface area contributed by atoms with Gasteiger partial charge in [-0.05, 0) is 103 Å². The summed E-state index contributed by atoms with van der Waals surface area (Å²) in [6.07, 6.45) is 12.3. The lowest BCUT2D eigenvalue weighted by atomic mass is 10.1. The number of hydrogen-bond acceptors (Lipinski definition) is 9. The van der Waals surface area contributed by atoms with Gasteiger partial charge in [0.2, 0.25) is 0 Å². The number of piperidine rings is 3. The smallest absolute Gasteiger partial charge is 0.166 e. The van der Waals surface area contributed by atoms with Crippen molar-refractivity contribution in [1.29, 1.82) is 0 Å². The van der Waals surface area contributed by atoms with Crippen molar-refractivity contribution in [3.63, 3.8) is 0 Å². The molecule has 0 bridgehead atoms. The molecule has 9 aromatic rings. The van der Waals surface area contributed by atoms with Crippen LogP contribution in [0.2, 0.25) is 0 Å². The van der Waals surface area contributed by atoms with Crippen LogP contribution in [-0.2, 0) is 26.2 Å². The van der Waals surface area contributed by atoms with Gasteiger partial charge in [0, 0.05) is 122 Å². The van der Waals surface area contributed by atoms with E-state index >= 15 is 17.6 Å². The van der Waals surface area contributed by atoms with Crippen LogP contribution in [0.15, 0.2) is 122 Å². The molecule has 12 nitrogen and oxygen atoms in total. The van der Waals surface area contributed by atoms with E-state index in [1.54, 1.807) is 36.8 Å². The molecule has 6 fully saturated rings. The second-order valence-electron chi connectivity index (χ2n) is 23.7. The van der Waals surface area contributed by atoms with Crippen molar-refractivity contribution >= 4 is 22.2 Å². The molecule has 6 aliphatic rings. The van der Waals surface area contributed by atoms with Crippen LogP contribution < -0.4 is 14.2 Å². The monoisotopic (exact) mass is 1080 g/mol. The van der Waals surface area contributed by atoms with Gasteiger partial charge in [0.25, 0.3) is 0 Å². The van der Waals surface area contributed by atoms with Crippen LogP contribution in [0, 0.1) is 68.9 Å². The molecule has 79 heavy (non-hydrogen) atoms. The van der Waals surface area contributed by atoms with Crippen molar-refractivity contribution in [2.75, 3.05) is 59.1 Å². The number of aromatic nitrogens is 6. The fourth-order valence-corrected chi connectivity index (χ4v) is 13.7. The number of hydrogen-bond donors (Lipinski definition) is 0. The summed E-state index contributed by atoms with van der Waals surface area (Å²) >= 11 is 0. The molecule has 0 spiro atoms. The topological polar surface area (TPSA) is 89.8 Å². The Kier molecular flexibility index (Phi) is 11.3. The highest BCUT2D eigenvalue weighted by Gasteiger charge is 2.62. The summed E-state index contributed by atoms with van der Waals surface area (Å²) in [5.41, 5.74) is 5.84. The van der Waals surface area contributed by atoms with Crippen LogP contribution in [0.3, 0.4) is 0 Å². The molecule has 3 aliphatic heterocycles. The highest BCUT2D eigenvalue weighted by Crippen LogP contribution is 2.60. The maximum absolute atomic E-state index is 15.6. The zero-order valence-corrected chi connectivity index (χ0v) is 43.1. The Morgan fingerprint density at radius 1 is 0.570 bits per heavy atom. The Labute approximate surface area is 450 Å². The van der Waals surface area contributed by atoms with E-state index in [4.69, 9.17) is 19.2 Å². The summed E-state index contributed by atoms with van der Waals surface area (Å²) in [6.45, 7) is 8.49.